The van der Waals surface area contributed by atoms with Crippen LogP contribution in [-0.4, -0.2) is 50.2 Å². The monoisotopic (exact) mass is 550 g/mol. The summed E-state index contributed by atoms with van der Waals surface area (Å²) in [6.07, 6.45) is 4.40. The fraction of sp³-hybridized carbons (Fsp3) is 0.174. The molecule has 0 atom stereocenters. The number of halogens is 2. The number of hydrogen-bond donors (Lipinski definition) is 1. The number of ether oxygens (including phenoxy) is 3. The maximum absolute atomic E-state index is 13.0. The largest absolute Gasteiger partial charge is 0.484 e. The first kappa shape index (κ1) is 25.7. The number of fused-ring (bicyclic) bond motifs is 1. The van der Waals surface area contributed by atoms with Crippen LogP contribution in [0.5, 0.6) is 11.6 Å². The Balaban J connectivity index is 1.73. The van der Waals surface area contributed by atoms with Crippen LogP contribution in [0.3, 0.4) is 0 Å². The quantitative estimate of drug-likeness (QED) is 0.311. The van der Waals surface area contributed by atoms with Crippen LogP contribution in [0, 0.1) is 0 Å². The molecule has 0 aliphatic rings. The average molecular weight is 551 g/mol. The summed E-state index contributed by atoms with van der Waals surface area (Å²) < 4.78 is 45.5. The van der Waals surface area contributed by atoms with Crippen molar-refractivity contribution in [3.63, 3.8) is 0 Å². The van der Waals surface area contributed by atoms with Crippen LogP contribution < -0.4 is 19.8 Å². The van der Waals surface area contributed by atoms with E-state index in [-0.39, 0.29) is 38.9 Å². The van der Waals surface area contributed by atoms with E-state index < -0.39 is 15.6 Å². The van der Waals surface area contributed by atoms with Gasteiger partial charge in [0.05, 0.1) is 24.9 Å². The minimum Gasteiger partial charge on any atom is -0.484 e. The van der Waals surface area contributed by atoms with E-state index in [4.69, 9.17) is 37.4 Å². The van der Waals surface area contributed by atoms with Gasteiger partial charge in [-0.05, 0) is 36.4 Å². The zero-order valence-electron chi connectivity index (χ0n) is 19.1. The molecule has 3 aromatic heterocycles. The predicted molar refractivity (Wildman–Crippen MR) is 136 cm³/mol. The van der Waals surface area contributed by atoms with Crippen molar-refractivity contribution in [3.05, 3.63) is 75.4 Å². The molecule has 0 radical (unpaired) electrons. The van der Waals surface area contributed by atoms with Crippen molar-refractivity contribution >= 4 is 44.6 Å². The van der Waals surface area contributed by atoms with Crippen molar-refractivity contribution in [3.8, 4) is 22.8 Å². The number of aromatic nitrogens is 3. The number of sulfonamides is 1. The third-order valence-corrected chi connectivity index (χ3v) is 7.10. The Labute approximate surface area is 216 Å². The number of methoxy groups -OCH3 is 2. The zero-order valence-corrected chi connectivity index (χ0v) is 21.4. The highest BCUT2D eigenvalue weighted by Crippen LogP contribution is 2.32. The normalized spacial score (nSPS) is 11.4. The van der Waals surface area contributed by atoms with Crippen LogP contribution in [0.15, 0.2) is 64.7 Å². The molecule has 0 spiro atoms. The first-order valence-corrected chi connectivity index (χ1v) is 12.6. The van der Waals surface area contributed by atoms with Gasteiger partial charge in [0.1, 0.15) is 22.8 Å². The van der Waals surface area contributed by atoms with Gasteiger partial charge in [0, 0.05) is 35.7 Å². The first-order chi connectivity index (χ1) is 17.2. The van der Waals surface area contributed by atoms with Crippen molar-refractivity contribution in [1.29, 1.82) is 0 Å². The molecule has 0 fully saturated rings. The zero-order chi connectivity index (χ0) is 25.9. The van der Waals surface area contributed by atoms with Gasteiger partial charge in [-0.3, -0.25) is 13.9 Å². The third kappa shape index (κ3) is 5.39. The molecule has 13 heteroatoms. The van der Waals surface area contributed by atoms with Gasteiger partial charge in [-0.2, -0.15) is 0 Å². The van der Waals surface area contributed by atoms with Crippen LogP contribution in [0.1, 0.15) is 0 Å². The Bertz CT molecular complexity index is 1590. The van der Waals surface area contributed by atoms with Crippen molar-refractivity contribution in [1.82, 2.24) is 14.4 Å². The number of hydrogen-bond acceptors (Lipinski definition) is 8. The standard InChI is InChI=1S/C23H20Cl2N4O6S/c1-33-7-8-35-19-12-26-21-6-3-14(13-29(21)23(19)30)15-9-18(22(34-2)27-11-15)28-36(31,32)20-10-16(24)4-5-17(20)25/h3-6,9-13,28H,7-8H2,1-2H3. The minimum atomic E-state index is -4.13. The van der Waals surface area contributed by atoms with Crippen LogP contribution in [-0.2, 0) is 14.8 Å². The van der Waals surface area contributed by atoms with Gasteiger partial charge < -0.3 is 14.2 Å². The van der Waals surface area contributed by atoms with E-state index in [1.807, 2.05) is 0 Å². The lowest BCUT2D eigenvalue weighted by molar-refractivity contribution is 0.145. The van der Waals surface area contributed by atoms with Gasteiger partial charge in [0.25, 0.3) is 15.6 Å². The Morgan fingerprint density at radius 3 is 2.56 bits per heavy atom. The molecule has 0 aliphatic carbocycles. The van der Waals surface area contributed by atoms with Crippen LogP contribution in [0.25, 0.3) is 16.8 Å². The SMILES string of the molecule is COCCOc1cnc2ccc(-c3cnc(OC)c(NS(=O)(=O)c4cc(Cl)ccc4Cl)c3)cn2c1=O. The summed E-state index contributed by atoms with van der Waals surface area (Å²) in [5, 5.41) is 0.208. The molecular weight excluding hydrogens is 531 g/mol. The van der Waals surface area contributed by atoms with E-state index in [2.05, 4.69) is 14.7 Å². The van der Waals surface area contributed by atoms with Crippen LogP contribution in [0.4, 0.5) is 5.69 Å². The molecule has 4 rings (SSSR count). The molecule has 0 unspecified atom stereocenters. The molecule has 10 nitrogen and oxygen atoms in total. The summed E-state index contributed by atoms with van der Waals surface area (Å²) in [6, 6.07) is 9.01. The fourth-order valence-electron chi connectivity index (χ4n) is 3.29. The van der Waals surface area contributed by atoms with E-state index in [0.717, 1.165) is 0 Å². The van der Waals surface area contributed by atoms with Gasteiger partial charge in [-0.25, -0.2) is 18.4 Å². The van der Waals surface area contributed by atoms with Gasteiger partial charge in [0.2, 0.25) is 11.6 Å². The van der Waals surface area contributed by atoms with Gasteiger partial charge in [-0.15, -0.1) is 0 Å². The highest BCUT2D eigenvalue weighted by molar-refractivity contribution is 7.92. The Morgan fingerprint density at radius 2 is 1.81 bits per heavy atom. The molecule has 0 bridgehead atoms. The lowest BCUT2D eigenvalue weighted by Crippen LogP contribution is -2.19. The number of pyridine rings is 2. The molecule has 1 N–H and O–H groups in total. The maximum Gasteiger partial charge on any atom is 0.300 e. The molecule has 0 aliphatic heterocycles. The molecule has 1 aromatic carbocycles. The maximum atomic E-state index is 13.0. The number of rotatable bonds is 9. The fourth-order valence-corrected chi connectivity index (χ4v) is 5.10. The summed E-state index contributed by atoms with van der Waals surface area (Å²) in [6.45, 7) is 0.514. The van der Waals surface area contributed by atoms with Gasteiger partial charge >= 0.3 is 0 Å². The average Bonchev–Trinajstić information content (AvgIpc) is 2.86. The Kier molecular flexibility index (Phi) is 7.65. The summed E-state index contributed by atoms with van der Waals surface area (Å²) in [4.78, 5) is 21.1. The van der Waals surface area contributed by atoms with E-state index >= 15 is 0 Å². The highest BCUT2D eigenvalue weighted by Gasteiger charge is 2.21. The molecule has 4 aromatic rings. The summed E-state index contributed by atoms with van der Waals surface area (Å²) in [7, 11) is -1.25. The summed E-state index contributed by atoms with van der Waals surface area (Å²) in [5.74, 6) is 0.107. The highest BCUT2D eigenvalue weighted by atomic mass is 35.5. The molecular formula is C23H20Cl2N4O6S. The van der Waals surface area contributed by atoms with Gasteiger partial charge in [0.15, 0.2) is 0 Å². The van der Waals surface area contributed by atoms with Crippen LogP contribution >= 0.6 is 23.2 Å². The second kappa shape index (κ2) is 10.7. The summed E-state index contributed by atoms with van der Waals surface area (Å²) in [5.41, 5.74) is 1.13. The second-order valence-electron chi connectivity index (χ2n) is 7.38. The van der Waals surface area contributed by atoms with Gasteiger partial charge in [-0.1, -0.05) is 23.2 Å². The summed E-state index contributed by atoms with van der Waals surface area (Å²) >= 11 is 12.1. The number of benzene rings is 1. The Hall–Kier alpha value is -3.38. The number of nitrogens with zero attached hydrogens (tertiary/aromatic N) is 3. The predicted octanol–water partition coefficient (Wildman–Crippen LogP) is 3.90. The minimum absolute atomic E-state index is 0.0000858. The Morgan fingerprint density at radius 1 is 1.00 bits per heavy atom. The second-order valence-corrected chi connectivity index (χ2v) is 9.87. The van der Waals surface area contributed by atoms with Crippen LogP contribution in [0.2, 0.25) is 10.0 Å². The third-order valence-electron chi connectivity index (χ3n) is 5.02. The van der Waals surface area contributed by atoms with E-state index in [1.165, 1.54) is 55.3 Å². The molecule has 0 saturated carbocycles. The lowest BCUT2D eigenvalue weighted by Gasteiger charge is -2.14. The van der Waals surface area contributed by atoms with Crippen molar-refractivity contribution < 1.29 is 22.6 Å². The lowest BCUT2D eigenvalue weighted by atomic mass is 10.1. The van der Waals surface area contributed by atoms with E-state index in [0.29, 0.717) is 23.4 Å². The molecule has 3 heterocycles. The first-order valence-electron chi connectivity index (χ1n) is 10.4. The molecule has 36 heavy (non-hydrogen) atoms. The van der Waals surface area contributed by atoms with Crippen molar-refractivity contribution in [2.45, 2.75) is 4.90 Å². The smallest absolute Gasteiger partial charge is 0.300 e. The van der Waals surface area contributed by atoms with Crippen molar-refractivity contribution in [2.75, 3.05) is 32.2 Å². The number of nitrogens with one attached hydrogen (secondary N) is 1. The number of anilines is 1. The molecule has 0 amide bonds. The molecule has 0 saturated heterocycles. The molecule has 188 valence electrons. The van der Waals surface area contributed by atoms with Crippen molar-refractivity contribution in [2.24, 2.45) is 0 Å². The van der Waals surface area contributed by atoms with E-state index in [9.17, 15) is 13.2 Å². The topological polar surface area (TPSA) is 121 Å². The van der Waals surface area contributed by atoms with E-state index in [1.54, 1.807) is 18.3 Å².